The van der Waals surface area contributed by atoms with Crippen LogP contribution in [-0.2, 0) is 6.18 Å². The molecule has 1 amide bonds. The van der Waals surface area contributed by atoms with Crippen molar-refractivity contribution in [1.29, 1.82) is 5.26 Å². The van der Waals surface area contributed by atoms with E-state index in [-0.39, 0.29) is 5.56 Å². The average Bonchev–Trinajstić information content (AvgIpc) is 3.32. The number of hydrogen-bond donors (Lipinski definition) is 1. The molecule has 10 heteroatoms. The minimum atomic E-state index is -4.93. The Bertz CT molecular complexity index is 1690. The van der Waals surface area contributed by atoms with Crippen LogP contribution < -0.4 is 5.32 Å². The van der Waals surface area contributed by atoms with Gasteiger partial charge in [0.05, 0.1) is 21.3 Å². The summed E-state index contributed by atoms with van der Waals surface area (Å²) in [7, 11) is 0. The molecule has 0 aliphatic carbocycles. The summed E-state index contributed by atoms with van der Waals surface area (Å²) in [4.78, 5) is 22.1. The fourth-order valence-corrected chi connectivity index (χ4v) is 5.04. The highest BCUT2D eigenvalue weighted by molar-refractivity contribution is 7.22. The van der Waals surface area contributed by atoms with Gasteiger partial charge in [0.2, 0.25) is 0 Å². The van der Waals surface area contributed by atoms with Gasteiger partial charge in [-0.15, -0.1) is 11.3 Å². The number of rotatable bonds is 4. The number of carbonyl (C=O) groups is 1. The van der Waals surface area contributed by atoms with Crippen molar-refractivity contribution in [3.8, 4) is 27.6 Å². The topological polar surface area (TPSA) is 78.7 Å². The molecule has 0 aliphatic rings. The zero-order valence-electron chi connectivity index (χ0n) is 18.7. The molecule has 1 N–H and O–H groups in total. The largest absolute Gasteiger partial charge is 0.419 e. The molecule has 0 saturated carbocycles. The first-order valence-electron chi connectivity index (χ1n) is 10.8. The molecule has 182 valence electrons. The monoisotopic (exact) mass is 518 g/mol. The zero-order valence-corrected chi connectivity index (χ0v) is 19.5. The number of alkyl halides is 3. The van der Waals surface area contributed by atoms with E-state index < -0.39 is 23.5 Å². The first-order valence-corrected chi connectivity index (χ1v) is 11.6. The summed E-state index contributed by atoms with van der Waals surface area (Å²) in [6, 6.07) is 16.5. The Morgan fingerprint density at radius 3 is 2.51 bits per heavy atom. The number of aromatic nitrogens is 2. The fraction of sp³-hybridized carbons (Fsp3) is 0.0370. The van der Waals surface area contributed by atoms with Crippen molar-refractivity contribution in [2.75, 3.05) is 5.32 Å². The van der Waals surface area contributed by atoms with Gasteiger partial charge in [0.25, 0.3) is 5.91 Å². The molecule has 0 radical (unpaired) electrons. The lowest BCUT2D eigenvalue weighted by Gasteiger charge is -2.12. The Kier molecular flexibility index (Phi) is 6.15. The highest BCUT2D eigenvalue weighted by Gasteiger charge is 2.34. The van der Waals surface area contributed by atoms with Crippen molar-refractivity contribution in [2.24, 2.45) is 0 Å². The second kappa shape index (κ2) is 9.44. The van der Waals surface area contributed by atoms with Gasteiger partial charge >= 0.3 is 6.18 Å². The number of fused-ring (bicyclic) bond motifs is 1. The molecule has 3 heterocycles. The molecule has 0 bridgehead atoms. The SMILES string of the molecule is N#Cc1cnc2cc(-c3ccncc3)sc2c1-c1cccc(NC(=O)c2ccc(F)c(C(F)(F)F)c2)c1. The number of benzene rings is 2. The van der Waals surface area contributed by atoms with Gasteiger partial charge in [-0.2, -0.15) is 18.4 Å². The molecule has 0 saturated heterocycles. The standard InChI is InChI=1S/C27H14F4N4OS/c28-21-5-4-17(11-20(21)27(29,30)31)26(36)35-19-3-1-2-16(10-19)24-18(13-32)14-34-22-12-23(37-25(22)24)15-6-8-33-9-7-15/h1-12,14H,(H,35,36). The predicted octanol–water partition coefficient (Wildman–Crippen LogP) is 7.31. The maximum Gasteiger partial charge on any atom is 0.419 e. The number of carbonyl (C=O) groups excluding carboxylic acids is 1. The van der Waals surface area contributed by atoms with Gasteiger partial charge in [-0.1, -0.05) is 12.1 Å². The third kappa shape index (κ3) is 4.77. The first-order chi connectivity index (χ1) is 17.7. The van der Waals surface area contributed by atoms with Crippen LogP contribution in [0.1, 0.15) is 21.5 Å². The number of nitrogens with one attached hydrogen (secondary N) is 1. The maximum atomic E-state index is 13.6. The van der Waals surface area contributed by atoms with E-state index in [1.54, 1.807) is 36.7 Å². The molecule has 5 aromatic rings. The molecule has 2 aromatic carbocycles. The predicted molar refractivity (Wildman–Crippen MR) is 132 cm³/mol. The lowest BCUT2D eigenvalue weighted by atomic mass is 10.0. The third-order valence-corrected chi connectivity index (χ3v) is 6.76. The molecule has 5 nitrogen and oxygen atoms in total. The number of halogens is 4. The fourth-order valence-electron chi connectivity index (χ4n) is 3.85. The third-order valence-electron chi connectivity index (χ3n) is 5.57. The normalized spacial score (nSPS) is 11.3. The molecular weight excluding hydrogens is 504 g/mol. The van der Waals surface area contributed by atoms with Crippen LogP contribution in [0.15, 0.2) is 79.3 Å². The van der Waals surface area contributed by atoms with Gasteiger partial charge in [0.1, 0.15) is 11.9 Å². The Hall–Kier alpha value is -4.62. The van der Waals surface area contributed by atoms with E-state index in [0.717, 1.165) is 21.2 Å². The van der Waals surface area contributed by atoms with E-state index in [4.69, 9.17) is 0 Å². The summed E-state index contributed by atoms with van der Waals surface area (Å²) in [5, 5.41) is 12.3. The lowest BCUT2D eigenvalue weighted by molar-refractivity contribution is -0.140. The number of nitriles is 1. The summed E-state index contributed by atoms with van der Waals surface area (Å²) in [6.45, 7) is 0. The lowest BCUT2D eigenvalue weighted by Crippen LogP contribution is -2.15. The highest BCUT2D eigenvalue weighted by Crippen LogP contribution is 2.40. The van der Waals surface area contributed by atoms with Crippen molar-refractivity contribution in [2.45, 2.75) is 6.18 Å². The second-order valence-corrected chi connectivity index (χ2v) is 9.00. The number of anilines is 1. The smallest absolute Gasteiger partial charge is 0.322 e. The Morgan fingerprint density at radius 1 is 1.00 bits per heavy atom. The summed E-state index contributed by atoms with van der Waals surface area (Å²) in [6.07, 6.45) is -0.0981. The molecule has 0 atom stereocenters. The highest BCUT2D eigenvalue weighted by atomic mass is 32.1. The van der Waals surface area contributed by atoms with Gasteiger partial charge in [-0.25, -0.2) is 4.39 Å². The number of nitrogens with zero attached hydrogens (tertiary/aromatic N) is 3. The number of pyridine rings is 2. The summed E-state index contributed by atoms with van der Waals surface area (Å²) >= 11 is 1.45. The van der Waals surface area contributed by atoms with Gasteiger partial charge < -0.3 is 5.32 Å². The van der Waals surface area contributed by atoms with Crippen LogP contribution in [0.25, 0.3) is 31.8 Å². The van der Waals surface area contributed by atoms with E-state index in [9.17, 15) is 27.6 Å². The Labute approximate surface area is 211 Å². The Morgan fingerprint density at radius 2 is 1.78 bits per heavy atom. The number of hydrogen-bond acceptors (Lipinski definition) is 5. The summed E-state index contributed by atoms with van der Waals surface area (Å²) in [5.41, 5.74) is 1.62. The van der Waals surface area contributed by atoms with E-state index in [1.807, 2.05) is 18.2 Å². The van der Waals surface area contributed by atoms with Crippen LogP contribution in [0.2, 0.25) is 0 Å². The van der Waals surface area contributed by atoms with E-state index >= 15 is 0 Å². The quantitative estimate of drug-likeness (QED) is 0.253. The molecule has 37 heavy (non-hydrogen) atoms. The molecule has 0 aliphatic heterocycles. The molecule has 5 rings (SSSR count). The van der Waals surface area contributed by atoms with Crippen molar-refractivity contribution in [3.63, 3.8) is 0 Å². The van der Waals surface area contributed by atoms with Crippen LogP contribution in [0, 0.1) is 17.1 Å². The molecular formula is C27H14F4N4OS. The van der Waals surface area contributed by atoms with Gasteiger partial charge in [-0.3, -0.25) is 14.8 Å². The van der Waals surface area contributed by atoms with Crippen molar-refractivity contribution in [3.05, 3.63) is 102 Å². The molecule has 0 unspecified atom stereocenters. The molecule has 0 spiro atoms. The van der Waals surface area contributed by atoms with Gasteiger partial charge in [0, 0.05) is 40.3 Å². The number of amides is 1. The maximum absolute atomic E-state index is 13.6. The second-order valence-electron chi connectivity index (χ2n) is 7.95. The van der Waals surface area contributed by atoms with Crippen LogP contribution in [0.5, 0.6) is 0 Å². The van der Waals surface area contributed by atoms with Crippen molar-refractivity contribution in [1.82, 2.24) is 9.97 Å². The van der Waals surface area contributed by atoms with Crippen LogP contribution in [0.4, 0.5) is 23.2 Å². The van der Waals surface area contributed by atoms with Crippen molar-refractivity contribution < 1.29 is 22.4 Å². The summed E-state index contributed by atoms with van der Waals surface area (Å²) in [5.74, 6) is -2.29. The zero-order chi connectivity index (χ0) is 26.2. The first kappa shape index (κ1) is 24.1. The van der Waals surface area contributed by atoms with Crippen LogP contribution in [-0.4, -0.2) is 15.9 Å². The number of thiophene rings is 1. The molecule has 3 aromatic heterocycles. The summed E-state index contributed by atoms with van der Waals surface area (Å²) < 4.78 is 53.6. The minimum absolute atomic E-state index is 0.292. The van der Waals surface area contributed by atoms with E-state index in [0.29, 0.717) is 40.0 Å². The van der Waals surface area contributed by atoms with Crippen LogP contribution >= 0.6 is 11.3 Å². The Balaban J connectivity index is 1.53. The van der Waals surface area contributed by atoms with Gasteiger partial charge in [-0.05, 0) is 59.7 Å². The molecule has 0 fully saturated rings. The van der Waals surface area contributed by atoms with E-state index in [2.05, 4.69) is 21.4 Å². The minimum Gasteiger partial charge on any atom is -0.322 e. The van der Waals surface area contributed by atoms with E-state index in [1.165, 1.54) is 17.5 Å². The van der Waals surface area contributed by atoms with Crippen molar-refractivity contribution >= 4 is 33.1 Å². The van der Waals surface area contributed by atoms with Crippen LogP contribution in [0.3, 0.4) is 0 Å². The average molecular weight is 518 g/mol. The van der Waals surface area contributed by atoms with Gasteiger partial charge in [0.15, 0.2) is 0 Å².